The summed E-state index contributed by atoms with van der Waals surface area (Å²) in [6, 6.07) is 14.6. The molecule has 0 bridgehead atoms. The summed E-state index contributed by atoms with van der Waals surface area (Å²) in [5.74, 6) is 0.855. The van der Waals surface area contributed by atoms with Gasteiger partial charge in [0.2, 0.25) is 11.8 Å². The first kappa shape index (κ1) is 18.5. The number of para-hydroxylation sites is 2. The van der Waals surface area contributed by atoms with Gasteiger partial charge in [-0.1, -0.05) is 35.5 Å². The van der Waals surface area contributed by atoms with E-state index in [1.807, 2.05) is 30.3 Å². The van der Waals surface area contributed by atoms with Gasteiger partial charge in [0.15, 0.2) is 5.82 Å². The van der Waals surface area contributed by atoms with Crippen LogP contribution in [0.15, 0.2) is 64.2 Å². The lowest BCUT2D eigenvalue weighted by Crippen LogP contribution is -2.23. The summed E-state index contributed by atoms with van der Waals surface area (Å²) in [5, 5.41) is 7.22. The number of carbonyl (C=O) groups is 1. The van der Waals surface area contributed by atoms with Crippen molar-refractivity contribution in [1.82, 2.24) is 19.7 Å². The number of carbonyl (C=O) groups excluding carboxylic acids is 1. The molecular formula is C21H19N5O3. The van der Waals surface area contributed by atoms with Gasteiger partial charge in [-0.3, -0.25) is 14.2 Å². The lowest BCUT2D eigenvalue weighted by Gasteiger charge is -2.11. The summed E-state index contributed by atoms with van der Waals surface area (Å²) in [5.41, 5.74) is 2.03. The number of anilines is 1. The monoisotopic (exact) mass is 389 g/mol. The highest BCUT2D eigenvalue weighted by Crippen LogP contribution is 2.18. The van der Waals surface area contributed by atoms with E-state index in [-0.39, 0.29) is 24.4 Å². The molecule has 0 atom stereocenters. The summed E-state index contributed by atoms with van der Waals surface area (Å²) in [6.07, 6.45) is 2.04. The van der Waals surface area contributed by atoms with Gasteiger partial charge in [0.05, 0.1) is 23.7 Å². The van der Waals surface area contributed by atoms with Crippen LogP contribution in [0.3, 0.4) is 0 Å². The van der Waals surface area contributed by atoms with Crippen molar-refractivity contribution >= 4 is 22.5 Å². The molecule has 146 valence electrons. The van der Waals surface area contributed by atoms with Crippen LogP contribution in [0.5, 0.6) is 0 Å². The summed E-state index contributed by atoms with van der Waals surface area (Å²) in [4.78, 5) is 33.5. The highest BCUT2D eigenvalue weighted by Gasteiger charge is 2.11. The third-order valence-electron chi connectivity index (χ3n) is 4.51. The van der Waals surface area contributed by atoms with Gasteiger partial charge >= 0.3 is 0 Å². The van der Waals surface area contributed by atoms with E-state index in [4.69, 9.17) is 4.52 Å². The van der Waals surface area contributed by atoms with Crippen LogP contribution < -0.4 is 10.9 Å². The molecule has 1 amide bonds. The predicted octanol–water partition coefficient (Wildman–Crippen LogP) is 2.71. The number of benzene rings is 2. The number of amides is 1. The number of aryl methyl sites for hydroxylation is 2. The minimum absolute atomic E-state index is 0.147. The number of aromatic nitrogens is 4. The molecule has 0 aliphatic carbocycles. The summed E-state index contributed by atoms with van der Waals surface area (Å²) < 4.78 is 6.62. The summed E-state index contributed by atoms with van der Waals surface area (Å²) in [6.45, 7) is 2.00. The molecule has 0 fully saturated rings. The first-order valence-corrected chi connectivity index (χ1v) is 9.21. The molecule has 8 nitrogen and oxygen atoms in total. The second kappa shape index (κ2) is 8.05. The van der Waals surface area contributed by atoms with E-state index in [1.54, 1.807) is 25.1 Å². The third-order valence-corrected chi connectivity index (χ3v) is 4.51. The molecule has 29 heavy (non-hydrogen) atoms. The van der Waals surface area contributed by atoms with Crippen LogP contribution in [0.1, 0.15) is 23.7 Å². The molecule has 1 N–H and O–H groups in total. The Morgan fingerprint density at radius 1 is 1.14 bits per heavy atom. The molecule has 0 unspecified atom stereocenters. The molecule has 2 aromatic carbocycles. The smallest absolute Gasteiger partial charge is 0.261 e. The Morgan fingerprint density at radius 3 is 2.76 bits per heavy atom. The SMILES string of the molecule is Cc1noc(Cc2ccccc2NC(=O)CCn2cnc3ccccc3c2=O)n1. The fourth-order valence-corrected chi connectivity index (χ4v) is 3.07. The van der Waals surface area contributed by atoms with E-state index in [9.17, 15) is 9.59 Å². The highest BCUT2D eigenvalue weighted by atomic mass is 16.5. The average Bonchev–Trinajstić information content (AvgIpc) is 3.14. The van der Waals surface area contributed by atoms with Gasteiger partial charge in [-0.15, -0.1) is 0 Å². The molecule has 2 heterocycles. The number of nitrogens with zero attached hydrogens (tertiary/aromatic N) is 4. The molecule has 0 saturated carbocycles. The van der Waals surface area contributed by atoms with Crippen molar-refractivity contribution in [2.75, 3.05) is 5.32 Å². The maximum absolute atomic E-state index is 12.5. The van der Waals surface area contributed by atoms with Crippen LogP contribution in [0, 0.1) is 6.92 Å². The normalized spacial score (nSPS) is 10.9. The van der Waals surface area contributed by atoms with Crippen LogP contribution in [0.4, 0.5) is 5.69 Å². The van der Waals surface area contributed by atoms with Crippen molar-refractivity contribution in [2.24, 2.45) is 0 Å². The van der Waals surface area contributed by atoms with Gasteiger partial charge in [-0.2, -0.15) is 4.98 Å². The molecule has 0 radical (unpaired) electrons. The molecule has 4 rings (SSSR count). The molecule has 0 saturated heterocycles. The van der Waals surface area contributed by atoms with Crippen molar-refractivity contribution in [3.05, 3.63) is 82.5 Å². The van der Waals surface area contributed by atoms with E-state index in [2.05, 4.69) is 20.4 Å². The van der Waals surface area contributed by atoms with E-state index in [0.29, 0.717) is 34.7 Å². The van der Waals surface area contributed by atoms with E-state index in [0.717, 1.165) is 5.56 Å². The first-order valence-electron chi connectivity index (χ1n) is 9.21. The van der Waals surface area contributed by atoms with Gasteiger partial charge in [0, 0.05) is 18.7 Å². The Morgan fingerprint density at radius 2 is 1.93 bits per heavy atom. The van der Waals surface area contributed by atoms with Crippen molar-refractivity contribution in [3.63, 3.8) is 0 Å². The van der Waals surface area contributed by atoms with Crippen molar-refractivity contribution in [2.45, 2.75) is 26.3 Å². The zero-order valence-corrected chi connectivity index (χ0v) is 15.8. The number of nitrogens with one attached hydrogen (secondary N) is 1. The maximum Gasteiger partial charge on any atom is 0.261 e. The summed E-state index contributed by atoms with van der Waals surface area (Å²) in [7, 11) is 0. The molecule has 2 aromatic heterocycles. The Kier molecular flexibility index (Phi) is 5.15. The molecule has 0 spiro atoms. The van der Waals surface area contributed by atoms with E-state index >= 15 is 0 Å². The number of hydrogen-bond donors (Lipinski definition) is 1. The molecule has 0 aliphatic rings. The van der Waals surface area contributed by atoms with Crippen LogP contribution in [-0.2, 0) is 17.8 Å². The number of hydrogen-bond acceptors (Lipinski definition) is 6. The largest absolute Gasteiger partial charge is 0.339 e. The molecule has 4 aromatic rings. The van der Waals surface area contributed by atoms with Crippen LogP contribution in [-0.4, -0.2) is 25.6 Å². The average molecular weight is 389 g/mol. The Labute approximate surface area is 166 Å². The van der Waals surface area contributed by atoms with Gasteiger partial charge in [0.25, 0.3) is 5.56 Å². The van der Waals surface area contributed by atoms with Gasteiger partial charge in [-0.05, 0) is 30.7 Å². The van der Waals surface area contributed by atoms with Crippen LogP contribution in [0.2, 0.25) is 0 Å². The maximum atomic E-state index is 12.5. The predicted molar refractivity (Wildman–Crippen MR) is 108 cm³/mol. The third kappa shape index (κ3) is 4.21. The van der Waals surface area contributed by atoms with E-state index in [1.165, 1.54) is 10.9 Å². The first-order chi connectivity index (χ1) is 14.1. The zero-order valence-electron chi connectivity index (χ0n) is 15.8. The molecule has 0 aliphatic heterocycles. The highest BCUT2D eigenvalue weighted by molar-refractivity contribution is 5.91. The number of rotatable bonds is 6. The lowest BCUT2D eigenvalue weighted by molar-refractivity contribution is -0.116. The van der Waals surface area contributed by atoms with Crippen molar-refractivity contribution < 1.29 is 9.32 Å². The standard InChI is InChI=1S/C21H19N5O3/c1-14-23-20(29-25-14)12-15-6-2-4-8-17(15)24-19(27)10-11-26-13-22-18-9-5-3-7-16(18)21(26)28/h2-9,13H,10-12H2,1H3,(H,24,27). The number of fused-ring (bicyclic) bond motifs is 1. The second-order valence-electron chi connectivity index (χ2n) is 6.63. The van der Waals surface area contributed by atoms with E-state index < -0.39 is 0 Å². The van der Waals surface area contributed by atoms with Gasteiger partial charge < -0.3 is 9.84 Å². The minimum Gasteiger partial charge on any atom is -0.339 e. The lowest BCUT2D eigenvalue weighted by atomic mass is 10.1. The topological polar surface area (TPSA) is 103 Å². The summed E-state index contributed by atoms with van der Waals surface area (Å²) >= 11 is 0. The Balaban J connectivity index is 1.44. The fraction of sp³-hybridized carbons (Fsp3) is 0.190. The Hall–Kier alpha value is -3.81. The molecular weight excluding hydrogens is 370 g/mol. The quantitative estimate of drug-likeness (QED) is 0.544. The minimum atomic E-state index is -0.195. The van der Waals surface area contributed by atoms with Crippen molar-refractivity contribution in [1.29, 1.82) is 0 Å². The van der Waals surface area contributed by atoms with Crippen LogP contribution in [0.25, 0.3) is 10.9 Å². The van der Waals surface area contributed by atoms with Crippen LogP contribution >= 0.6 is 0 Å². The second-order valence-corrected chi connectivity index (χ2v) is 6.63. The zero-order chi connectivity index (χ0) is 20.2. The molecule has 8 heteroatoms. The van der Waals surface area contributed by atoms with Crippen molar-refractivity contribution in [3.8, 4) is 0 Å². The fourth-order valence-electron chi connectivity index (χ4n) is 3.07. The Bertz CT molecular complexity index is 1230. The van der Waals surface area contributed by atoms with Gasteiger partial charge in [0.1, 0.15) is 0 Å². The van der Waals surface area contributed by atoms with Gasteiger partial charge in [-0.25, -0.2) is 4.98 Å².